The molecule has 0 radical (unpaired) electrons. The van der Waals surface area contributed by atoms with Crippen molar-refractivity contribution < 1.29 is 23.9 Å². The topological polar surface area (TPSA) is 93.7 Å². The van der Waals surface area contributed by atoms with E-state index in [-0.39, 0.29) is 19.4 Å². The third kappa shape index (κ3) is 9.28. The van der Waals surface area contributed by atoms with Crippen molar-refractivity contribution in [2.75, 3.05) is 13.2 Å². The summed E-state index contributed by atoms with van der Waals surface area (Å²) < 4.78 is 11.2. The van der Waals surface area contributed by atoms with Crippen molar-refractivity contribution in [2.24, 2.45) is 0 Å². The number of esters is 1. The lowest BCUT2D eigenvalue weighted by Crippen LogP contribution is -2.43. The van der Waals surface area contributed by atoms with Crippen LogP contribution in [0.4, 0.5) is 0 Å². The van der Waals surface area contributed by atoms with Crippen molar-refractivity contribution in [3.8, 4) is 5.75 Å². The van der Waals surface area contributed by atoms with Gasteiger partial charge in [0, 0.05) is 10.9 Å². The number of benzene rings is 2. The molecule has 9 heteroatoms. The Labute approximate surface area is 188 Å². The molecule has 2 aromatic carbocycles. The van der Waals surface area contributed by atoms with Crippen LogP contribution >= 0.6 is 27.5 Å². The maximum Gasteiger partial charge on any atom is 0.306 e. The van der Waals surface area contributed by atoms with Gasteiger partial charge in [0.25, 0.3) is 5.91 Å². The van der Waals surface area contributed by atoms with Crippen molar-refractivity contribution in [2.45, 2.75) is 25.7 Å². The normalized spacial score (nSPS) is 10.2. The molecule has 0 fully saturated rings. The minimum absolute atomic E-state index is 0.0714. The molecular formula is C21H22BrClN2O5. The summed E-state index contributed by atoms with van der Waals surface area (Å²) in [5.41, 5.74) is 5.61. The number of hydrogen-bond donors (Lipinski definition) is 2. The molecule has 30 heavy (non-hydrogen) atoms. The van der Waals surface area contributed by atoms with E-state index in [1.165, 1.54) is 5.56 Å². The molecule has 160 valence electrons. The van der Waals surface area contributed by atoms with Crippen LogP contribution in [0.3, 0.4) is 0 Å². The highest BCUT2D eigenvalue weighted by Crippen LogP contribution is 2.27. The third-order valence-electron chi connectivity index (χ3n) is 3.87. The molecule has 0 aliphatic carbocycles. The summed E-state index contributed by atoms with van der Waals surface area (Å²) in [6, 6.07) is 14.9. The Balaban J connectivity index is 1.54. The molecule has 0 aromatic heterocycles. The van der Waals surface area contributed by atoms with Crippen LogP contribution in [0.1, 0.15) is 24.8 Å². The number of rotatable bonds is 10. The van der Waals surface area contributed by atoms with E-state index in [1.54, 1.807) is 18.2 Å². The summed E-state index contributed by atoms with van der Waals surface area (Å²) >= 11 is 9.26. The van der Waals surface area contributed by atoms with Gasteiger partial charge in [-0.05, 0) is 36.6 Å². The van der Waals surface area contributed by atoms with E-state index in [1.807, 2.05) is 30.3 Å². The fourth-order valence-corrected chi connectivity index (χ4v) is 3.10. The Morgan fingerprint density at radius 3 is 2.43 bits per heavy atom. The van der Waals surface area contributed by atoms with E-state index in [9.17, 15) is 14.4 Å². The number of amides is 2. The van der Waals surface area contributed by atoms with E-state index in [4.69, 9.17) is 21.1 Å². The van der Waals surface area contributed by atoms with Crippen molar-refractivity contribution in [3.63, 3.8) is 0 Å². The van der Waals surface area contributed by atoms with Gasteiger partial charge < -0.3 is 9.47 Å². The van der Waals surface area contributed by atoms with Gasteiger partial charge >= 0.3 is 5.97 Å². The molecule has 0 aliphatic heterocycles. The summed E-state index contributed by atoms with van der Waals surface area (Å²) in [5, 5.41) is 0.350. The number of ether oxygens (including phenoxy) is 2. The van der Waals surface area contributed by atoms with Gasteiger partial charge in [0.05, 0.1) is 18.1 Å². The molecule has 2 N–H and O–H groups in total. The zero-order chi connectivity index (χ0) is 21.8. The average molecular weight is 498 g/mol. The zero-order valence-electron chi connectivity index (χ0n) is 16.2. The summed E-state index contributed by atoms with van der Waals surface area (Å²) in [4.78, 5) is 35.2. The van der Waals surface area contributed by atoms with Gasteiger partial charge in [0.15, 0.2) is 6.61 Å². The number of halogens is 2. The smallest absolute Gasteiger partial charge is 0.306 e. The van der Waals surface area contributed by atoms with Gasteiger partial charge in [-0.3, -0.25) is 25.2 Å². The van der Waals surface area contributed by atoms with Gasteiger partial charge in [0.1, 0.15) is 5.75 Å². The number of nitrogens with one attached hydrogen (secondary N) is 2. The third-order valence-corrected chi connectivity index (χ3v) is 4.65. The summed E-state index contributed by atoms with van der Waals surface area (Å²) in [6.45, 7) is -0.0346. The number of carbonyl (C=O) groups excluding carboxylic acids is 3. The number of hydrogen-bond acceptors (Lipinski definition) is 5. The molecular weight excluding hydrogens is 476 g/mol. The molecule has 7 nitrogen and oxygen atoms in total. The Morgan fingerprint density at radius 1 is 0.967 bits per heavy atom. The fraction of sp³-hybridized carbons (Fsp3) is 0.286. The number of carbonyl (C=O) groups is 3. The Bertz CT molecular complexity index is 864. The first-order valence-corrected chi connectivity index (χ1v) is 10.5. The summed E-state index contributed by atoms with van der Waals surface area (Å²) in [7, 11) is 0. The monoisotopic (exact) mass is 496 g/mol. The van der Waals surface area contributed by atoms with Crippen molar-refractivity contribution in [1.29, 1.82) is 0 Å². The van der Waals surface area contributed by atoms with E-state index in [0.717, 1.165) is 10.9 Å². The van der Waals surface area contributed by atoms with Crippen molar-refractivity contribution >= 4 is 45.3 Å². The van der Waals surface area contributed by atoms with Crippen LogP contribution in [0, 0.1) is 0 Å². The van der Waals surface area contributed by atoms with Gasteiger partial charge in [-0.25, -0.2) is 0 Å². The summed E-state index contributed by atoms with van der Waals surface area (Å²) in [5.74, 6) is -1.19. The van der Waals surface area contributed by atoms with Crippen LogP contribution in [0.2, 0.25) is 5.02 Å². The van der Waals surface area contributed by atoms with Gasteiger partial charge in [0.2, 0.25) is 5.91 Å². The fourth-order valence-electron chi connectivity index (χ4n) is 2.37. The van der Waals surface area contributed by atoms with Crippen molar-refractivity contribution in [3.05, 3.63) is 63.6 Å². The molecule has 2 amide bonds. The standard InChI is InChI=1S/C21H22BrClN2O5/c22-16-8-9-18(17(23)13-16)30-14-20(27)25-24-19(26)10-11-21(28)29-12-4-7-15-5-2-1-3-6-15/h1-3,5-6,8-9,13H,4,7,10-12,14H2,(H,24,26)(H,25,27). The minimum atomic E-state index is -0.564. The molecule has 0 spiro atoms. The first-order chi connectivity index (χ1) is 14.4. The number of hydrazine groups is 1. The van der Waals surface area contributed by atoms with E-state index in [2.05, 4.69) is 26.8 Å². The first kappa shape index (κ1) is 23.7. The highest BCUT2D eigenvalue weighted by Gasteiger charge is 2.10. The van der Waals surface area contributed by atoms with Gasteiger partial charge in [-0.15, -0.1) is 0 Å². The van der Waals surface area contributed by atoms with E-state index >= 15 is 0 Å². The predicted molar refractivity (Wildman–Crippen MR) is 116 cm³/mol. The first-order valence-electron chi connectivity index (χ1n) is 9.29. The van der Waals surface area contributed by atoms with Gasteiger partial charge in [-0.1, -0.05) is 57.9 Å². The predicted octanol–water partition coefficient (Wildman–Crippen LogP) is 3.58. The zero-order valence-corrected chi connectivity index (χ0v) is 18.5. The Kier molecular flexibility index (Phi) is 10.2. The van der Waals surface area contributed by atoms with Gasteiger partial charge in [-0.2, -0.15) is 0 Å². The molecule has 0 saturated carbocycles. The molecule has 0 saturated heterocycles. The highest BCUT2D eigenvalue weighted by molar-refractivity contribution is 9.10. The minimum Gasteiger partial charge on any atom is -0.482 e. The highest BCUT2D eigenvalue weighted by atomic mass is 79.9. The second-order valence-electron chi connectivity index (χ2n) is 6.27. The maximum atomic E-state index is 11.7. The maximum absolute atomic E-state index is 11.7. The Hall–Kier alpha value is -2.58. The van der Waals surface area contributed by atoms with Crippen LogP contribution in [0.25, 0.3) is 0 Å². The second-order valence-corrected chi connectivity index (χ2v) is 7.59. The lowest BCUT2D eigenvalue weighted by Gasteiger charge is -2.10. The van der Waals surface area contributed by atoms with Crippen LogP contribution in [0.15, 0.2) is 53.0 Å². The van der Waals surface area contributed by atoms with Crippen molar-refractivity contribution in [1.82, 2.24) is 10.9 Å². The molecule has 0 aliphatic rings. The second kappa shape index (κ2) is 12.9. The van der Waals surface area contributed by atoms with Crippen LogP contribution in [-0.4, -0.2) is 31.0 Å². The Morgan fingerprint density at radius 2 is 1.70 bits per heavy atom. The average Bonchev–Trinajstić information content (AvgIpc) is 2.74. The molecule has 0 bridgehead atoms. The SMILES string of the molecule is O=C(CCC(=O)OCCCc1ccccc1)NNC(=O)COc1ccc(Br)cc1Cl. The summed E-state index contributed by atoms with van der Waals surface area (Å²) in [6.07, 6.45) is 1.35. The quantitative estimate of drug-likeness (QED) is 0.297. The van der Waals surface area contributed by atoms with E-state index in [0.29, 0.717) is 23.8 Å². The molecule has 0 atom stereocenters. The lowest BCUT2D eigenvalue weighted by atomic mass is 10.1. The molecule has 0 unspecified atom stereocenters. The van der Waals surface area contributed by atoms with E-state index < -0.39 is 17.8 Å². The molecule has 0 heterocycles. The van der Waals surface area contributed by atoms with Crippen LogP contribution in [0.5, 0.6) is 5.75 Å². The largest absolute Gasteiger partial charge is 0.482 e. The van der Waals surface area contributed by atoms with Crippen LogP contribution in [-0.2, 0) is 25.5 Å². The molecule has 2 rings (SSSR count). The van der Waals surface area contributed by atoms with Crippen LogP contribution < -0.4 is 15.6 Å². The molecule has 2 aromatic rings. The lowest BCUT2D eigenvalue weighted by molar-refractivity contribution is -0.145. The number of aryl methyl sites for hydroxylation is 1.